The summed E-state index contributed by atoms with van der Waals surface area (Å²) in [5, 5.41) is 0. The van der Waals surface area contributed by atoms with Crippen molar-refractivity contribution in [2.24, 2.45) is 0 Å². The summed E-state index contributed by atoms with van der Waals surface area (Å²) in [5.74, 6) is -0.195. The number of benzene rings is 2. The Morgan fingerprint density at radius 1 is 1.04 bits per heavy atom. The summed E-state index contributed by atoms with van der Waals surface area (Å²) in [6.07, 6.45) is 1.48. The van der Waals surface area contributed by atoms with Crippen molar-refractivity contribution in [2.45, 2.75) is 18.4 Å². The Morgan fingerprint density at radius 3 is 2.48 bits per heavy atom. The van der Waals surface area contributed by atoms with Gasteiger partial charge in [0.2, 0.25) is 15.9 Å². The van der Waals surface area contributed by atoms with Gasteiger partial charge in [0.25, 0.3) is 0 Å². The van der Waals surface area contributed by atoms with Crippen LogP contribution in [0.3, 0.4) is 0 Å². The standard InChI is InChI=1S/C19H16F2N2O3S/c1-13-10-17(6-7-18(13)21)27(24,25)23-12-14-8-9-22-19(11-14)26-16-4-2-15(20)3-5-16/h2-11,23H,12H2,1H3. The molecule has 0 bridgehead atoms. The Balaban J connectivity index is 1.70. The summed E-state index contributed by atoms with van der Waals surface area (Å²) in [4.78, 5) is 4.03. The third-order valence-electron chi connectivity index (χ3n) is 3.74. The van der Waals surface area contributed by atoms with Crippen LogP contribution in [0.1, 0.15) is 11.1 Å². The molecule has 1 heterocycles. The van der Waals surface area contributed by atoms with Crippen LogP contribution in [0.4, 0.5) is 8.78 Å². The van der Waals surface area contributed by atoms with Gasteiger partial charge in [-0.05, 0) is 66.6 Å². The summed E-state index contributed by atoms with van der Waals surface area (Å²) >= 11 is 0. The van der Waals surface area contributed by atoms with Gasteiger partial charge in [0.1, 0.15) is 17.4 Å². The number of sulfonamides is 1. The molecule has 0 atom stereocenters. The normalized spacial score (nSPS) is 11.4. The summed E-state index contributed by atoms with van der Waals surface area (Å²) in [7, 11) is -3.79. The van der Waals surface area contributed by atoms with Crippen LogP contribution in [-0.2, 0) is 16.6 Å². The van der Waals surface area contributed by atoms with Crippen molar-refractivity contribution in [1.82, 2.24) is 9.71 Å². The van der Waals surface area contributed by atoms with Crippen LogP contribution in [0, 0.1) is 18.6 Å². The lowest BCUT2D eigenvalue weighted by molar-refractivity contribution is 0.460. The minimum absolute atomic E-state index is 0.00105. The predicted molar refractivity (Wildman–Crippen MR) is 95.9 cm³/mol. The molecule has 0 radical (unpaired) electrons. The smallest absolute Gasteiger partial charge is 0.240 e. The number of halogens is 2. The maximum atomic E-state index is 13.3. The molecule has 5 nitrogen and oxygen atoms in total. The van der Waals surface area contributed by atoms with Crippen LogP contribution in [0.25, 0.3) is 0 Å². The fourth-order valence-electron chi connectivity index (χ4n) is 2.29. The SMILES string of the molecule is Cc1cc(S(=O)(=O)NCc2ccnc(Oc3ccc(F)cc3)c2)ccc1F. The Kier molecular flexibility index (Phi) is 5.48. The van der Waals surface area contributed by atoms with E-state index in [2.05, 4.69) is 9.71 Å². The first-order valence-electron chi connectivity index (χ1n) is 7.98. The number of nitrogens with zero attached hydrogens (tertiary/aromatic N) is 1. The molecule has 1 aromatic heterocycles. The molecule has 0 aliphatic carbocycles. The molecule has 1 N–H and O–H groups in total. The van der Waals surface area contributed by atoms with E-state index in [4.69, 9.17) is 4.74 Å². The van der Waals surface area contributed by atoms with Gasteiger partial charge in [-0.1, -0.05) is 0 Å². The van der Waals surface area contributed by atoms with E-state index in [1.165, 1.54) is 49.5 Å². The quantitative estimate of drug-likeness (QED) is 0.692. The number of hydrogen-bond acceptors (Lipinski definition) is 4. The van der Waals surface area contributed by atoms with Crippen molar-refractivity contribution in [1.29, 1.82) is 0 Å². The van der Waals surface area contributed by atoms with Gasteiger partial charge in [-0.15, -0.1) is 0 Å². The molecule has 2 aromatic carbocycles. The third-order valence-corrected chi connectivity index (χ3v) is 5.14. The topological polar surface area (TPSA) is 68.3 Å². The van der Waals surface area contributed by atoms with Crippen molar-refractivity contribution in [3.8, 4) is 11.6 Å². The van der Waals surface area contributed by atoms with Crippen LogP contribution < -0.4 is 9.46 Å². The van der Waals surface area contributed by atoms with Gasteiger partial charge in [-0.3, -0.25) is 0 Å². The van der Waals surface area contributed by atoms with Crippen LogP contribution in [0.15, 0.2) is 65.7 Å². The van der Waals surface area contributed by atoms with Gasteiger partial charge in [0, 0.05) is 18.8 Å². The first-order valence-corrected chi connectivity index (χ1v) is 9.46. The van der Waals surface area contributed by atoms with Crippen LogP contribution in [0.5, 0.6) is 11.6 Å². The van der Waals surface area contributed by atoms with Crippen molar-refractivity contribution in [2.75, 3.05) is 0 Å². The van der Waals surface area contributed by atoms with E-state index in [0.29, 0.717) is 11.3 Å². The van der Waals surface area contributed by atoms with E-state index in [1.807, 2.05) is 0 Å². The molecule has 0 aliphatic heterocycles. The van der Waals surface area contributed by atoms with Gasteiger partial charge >= 0.3 is 0 Å². The highest BCUT2D eigenvalue weighted by Gasteiger charge is 2.15. The second kappa shape index (κ2) is 7.81. The molecule has 3 aromatic rings. The van der Waals surface area contributed by atoms with E-state index < -0.39 is 15.8 Å². The molecule has 0 saturated carbocycles. The zero-order valence-corrected chi connectivity index (χ0v) is 15.1. The van der Waals surface area contributed by atoms with Crippen molar-refractivity contribution < 1.29 is 21.9 Å². The molecule has 3 rings (SSSR count). The van der Waals surface area contributed by atoms with Crippen LogP contribution in [0.2, 0.25) is 0 Å². The summed E-state index contributed by atoms with van der Waals surface area (Å²) in [6, 6.07) is 12.2. The number of aryl methyl sites for hydroxylation is 1. The Bertz CT molecular complexity index is 1050. The van der Waals surface area contributed by atoms with E-state index in [1.54, 1.807) is 12.1 Å². The molecular formula is C19H16F2N2O3S. The fourth-order valence-corrected chi connectivity index (χ4v) is 3.39. The molecule has 0 fully saturated rings. The van der Waals surface area contributed by atoms with Gasteiger partial charge in [0.05, 0.1) is 4.90 Å². The fraction of sp³-hybridized carbons (Fsp3) is 0.105. The Morgan fingerprint density at radius 2 is 1.78 bits per heavy atom. The highest BCUT2D eigenvalue weighted by atomic mass is 32.2. The monoisotopic (exact) mass is 390 g/mol. The van der Waals surface area contributed by atoms with Crippen molar-refractivity contribution >= 4 is 10.0 Å². The zero-order valence-electron chi connectivity index (χ0n) is 14.3. The van der Waals surface area contributed by atoms with E-state index in [-0.39, 0.29) is 28.7 Å². The van der Waals surface area contributed by atoms with Gasteiger partial charge < -0.3 is 4.74 Å². The van der Waals surface area contributed by atoms with Gasteiger partial charge in [-0.25, -0.2) is 26.9 Å². The number of nitrogens with one attached hydrogen (secondary N) is 1. The maximum Gasteiger partial charge on any atom is 0.240 e. The molecule has 0 saturated heterocycles. The second-order valence-electron chi connectivity index (χ2n) is 5.79. The third kappa shape index (κ3) is 4.87. The Hall–Kier alpha value is -2.84. The summed E-state index contributed by atoms with van der Waals surface area (Å²) in [5.41, 5.74) is 0.862. The van der Waals surface area contributed by atoms with Crippen molar-refractivity contribution in [3.05, 3.63) is 83.6 Å². The maximum absolute atomic E-state index is 13.3. The van der Waals surface area contributed by atoms with Crippen LogP contribution in [-0.4, -0.2) is 13.4 Å². The average Bonchev–Trinajstić information content (AvgIpc) is 2.64. The highest BCUT2D eigenvalue weighted by Crippen LogP contribution is 2.20. The lowest BCUT2D eigenvalue weighted by Crippen LogP contribution is -2.23. The number of rotatable bonds is 6. The van der Waals surface area contributed by atoms with Crippen LogP contribution >= 0.6 is 0 Å². The summed E-state index contributed by atoms with van der Waals surface area (Å²) in [6.45, 7) is 1.50. The first kappa shape index (κ1) is 18.9. The molecule has 8 heteroatoms. The average molecular weight is 390 g/mol. The molecule has 0 amide bonds. The first-order chi connectivity index (χ1) is 12.8. The number of hydrogen-bond donors (Lipinski definition) is 1. The molecule has 140 valence electrons. The molecule has 0 unspecified atom stereocenters. The van der Waals surface area contributed by atoms with Gasteiger partial charge in [-0.2, -0.15) is 0 Å². The van der Waals surface area contributed by atoms with E-state index in [0.717, 1.165) is 6.07 Å². The largest absolute Gasteiger partial charge is 0.439 e. The number of aromatic nitrogens is 1. The molecule has 27 heavy (non-hydrogen) atoms. The number of pyridine rings is 1. The van der Waals surface area contributed by atoms with Gasteiger partial charge in [0.15, 0.2) is 0 Å². The van der Waals surface area contributed by atoms with Crippen molar-refractivity contribution in [3.63, 3.8) is 0 Å². The lowest BCUT2D eigenvalue weighted by Gasteiger charge is -2.09. The molecule has 0 spiro atoms. The minimum Gasteiger partial charge on any atom is -0.439 e. The lowest BCUT2D eigenvalue weighted by atomic mass is 10.2. The minimum atomic E-state index is -3.79. The van der Waals surface area contributed by atoms with E-state index in [9.17, 15) is 17.2 Å². The Labute approximate surface area is 155 Å². The molecular weight excluding hydrogens is 374 g/mol. The second-order valence-corrected chi connectivity index (χ2v) is 7.56. The summed E-state index contributed by atoms with van der Waals surface area (Å²) < 4.78 is 59.0. The molecule has 0 aliphatic rings. The number of ether oxygens (including phenoxy) is 1. The predicted octanol–water partition coefficient (Wildman–Crippen LogP) is 3.94. The highest BCUT2D eigenvalue weighted by molar-refractivity contribution is 7.89. The zero-order chi connectivity index (χ0) is 19.4. The van der Waals surface area contributed by atoms with E-state index >= 15 is 0 Å².